The number of aryl methyl sites for hydroxylation is 1. The molecule has 1 aromatic carbocycles. The summed E-state index contributed by atoms with van der Waals surface area (Å²) in [5, 5.41) is 0. The maximum Gasteiger partial charge on any atom is 0.152 e. The van der Waals surface area contributed by atoms with Gasteiger partial charge in [-0.05, 0) is 54.9 Å². The minimum absolute atomic E-state index is 0.105. The average molecular weight is 297 g/mol. The molecule has 1 aromatic rings. The molecule has 0 aliphatic heterocycles. The van der Waals surface area contributed by atoms with Crippen molar-refractivity contribution in [2.24, 2.45) is 29.6 Å². The number of nitrogens with two attached hydrogens (primary N) is 1. The van der Waals surface area contributed by atoms with Crippen LogP contribution in [0.4, 0.5) is 0 Å². The molecule has 2 bridgehead atoms. The first kappa shape index (κ1) is 13.7. The second-order valence-electron chi connectivity index (χ2n) is 6.72. The molecule has 2 fully saturated rings. The molecule has 4 aliphatic rings. The van der Waals surface area contributed by atoms with Gasteiger partial charge in [0.25, 0.3) is 0 Å². The highest BCUT2D eigenvalue weighted by atomic mass is 16.6. The molecule has 4 aliphatic carbocycles. The quantitative estimate of drug-likeness (QED) is 0.516. The van der Waals surface area contributed by atoms with Crippen LogP contribution < -0.4 is 10.7 Å². The minimum Gasteiger partial charge on any atom is -0.412 e. The second-order valence-corrected chi connectivity index (χ2v) is 6.72. The number of carbonyl (C=O) groups excluding carboxylic acids is 2. The molecule has 0 heterocycles. The van der Waals surface area contributed by atoms with Gasteiger partial charge in [0.15, 0.2) is 11.6 Å². The van der Waals surface area contributed by atoms with E-state index < -0.39 is 5.92 Å². The SMILES string of the molecule is Cc1cc(ON)ccc1C1C(=O)C2C3C=CC(CC3)C2C1=O. The summed E-state index contributed by atoms with van der Waals surface area (Å²) in [5.74, 6) is 5.62. The van der Waals surface area contributed by atoms with Gasteiger partial charge < -0.3 is 4.84 Å². The van der Waals surface area contributed by atoms with Gasteiger partial charge in [-0.2, -0.15) is 5.90 Å². The third-order valence-corrected chi connectivity index (χ3v) is 5.66. The van der Waals surface area contributed by atoms with Crippen molar-refractivity contribution in [1.29, 1.82) is 0 Å². The van der Waals surface area contributed by atoms with Gasteiger partial charge in [0.05, 0.1) is 0 Å². The van der Waals surface area contributed by atoms with E-state index in [2.05, 4.69) is 12.2 Å². The summed E-state index contributed by atoms with van der Waals surface area (Å²) in [5.41, 5.74) is 1.69. The van der Waals surface area contributed by atoms with Gasteiger partial charge in [0.1, 0.15) is 11.7 Å². The highest BCUT2D eigenvalue weighted by molar-refractivity contribution is 6.16. The maximum atomic E-state index is 12.9. The lowest BCUT2D eigenvalue weighted by Crippen LogP contribution is -2.38. The van der Waals surface area contributed by atoms with Gasteiger partial charge in [-0.3, -0.25) is 9.59 Å². The van der Waals surface area contributed by atoms with E-state index in [1.54, 1.807) is 12.1 Å². The first-order valence-electron chi connectivity index (χ1n) is 7.85. The van der Waals surface area contributed by atoms with Gasteiger partial charge in [-0.25, -0.2) is 0 Å². The molecule has 4 heteroatoms. The monoisotopic (exact) mass is 297 g/mol. The number of allylic oxidation sites excluding steroid dienone is 2. The number of ketones is 2. The van der Waals surface area contributed by atoms with Crippen molar-refractivity contribution in [3.63, 3.8) is 0 Å². The van der Waals surface area contributed by atoms with Gasteiger partial charge in [0, 0.05) is 11.8 Å². The standard InChI is InChI=1S/C18H19NO3/c1-9-8-12(22-19)6-7-13(9)16-17(20)14-10-2-3-11(5-4-10)15(14)18(16)21/h2-3,6-8,10-11,14-16H,4-5,19H2,1H3. The fourth-order valence-electron chi connectivity index (χ4n) is 4.65. The molecule has 4 nitrogen and oxygen atoms in total. The number of Topliss-reactive ketones (excluding diaryl/α,β-unsaturated/α-hetero) is 2. The highest BCUT2D eigenvalue weighted by Crippen LogP contribution is 2.53. The Bertz CT molecular complexity index is 662. The van der Waals surface area contributed by atoms with Crippen LogP contribution in [0.1, 0.15) is 29.9 Å². The Kier molecular flexibility index (Phi) is 2.98. The van der Waals surface area contributed by atoms with E-state index in [0.29, 0.717) is 5.75 Å². The molecule has 5 rings (SSSR count). The minimum atomic E-state index is -0.607. The summed E-state index contributed by atoms with van der Waals surface area (Å²) in [4.78, 5) is 30.6. The number of benzene rings is 1. The molecule has 0 aromatic heterocycles. The zero-order chi connectivity index (χ0) is 15.4. The Morgan fingerprint density at radius 3 is 2.09 bits per heavy atom. The van der Waals surface area contributed by atoms with Crippen LogP contribution in [0, 0.1) is 30.6 Å². The lowest BCUT2D eigenvalue weighted by atomic mass is 9.63. The number of hydrogen-bond acceptors (Lipinski definition) is 4. The number of fused-ring (bicyclic) bond motifs is 1. The molecule has 0 radical (unpaired) electrons. The van der Waals surface area contributed by atoms with Gasteiger partial charge in [0.2, 0.25) is 0 Å². The van der Waals surface area contributed by atoms with E-state index in [0.717, 1.165) is 24.0 Å². The first-order valence-corrected chi connectivity index (χ1v) is 7.85. The van der Waals surface area contributed by atoms with E-state index in [-0.39, 0.29) is 35.2 Å². The molecule has 114 valence electrons. The predicted octanol–water partition coefficient (Wildman–Crippen LogP) is 2.31. The van der Waals surface area contributed by atoms with Crippen molar-refractivity contribution in [1.82, 2.24) is 0 Å². The second kappa shape index (κ2) is 4.78. The Labute approximate surface area is 129 Å². The molecule has 2 saturated carbocycles. The third kappa shape index (κ3) is 1.73. The Balaban J connectivity index is 1.75. The van der Waals surface area contributed by atoms with Crippen LogP contribution in [0.25, 0.3) is 0 Å². The summed E-state index contributed by atoms with van der Waals surface area (Å²) in [6.45, 7) is 1.90. The molecule has 22 heavy (non-hydrogen) atoms. The number of hydrogen-bond donors (Lipinski definition) is 1. The van der Waals surface area contributed by atoms with Crippen LogP contribution in [-0.2, 0) is 9.59 Å². The predicted molar refractivity (Wildman–Crippen MR) is 81.1 cm³/mol. The van der Waals surface area contributed by atoms with E-state index in [4.69, 9.17) is 10.7 Å². The molecule has 0 amide bonds. The summed E-state index contributed by atoms with van der Waals surface area (Å²) in [7, 11) is 0. The van der Waals surface area contributed by atoms with Crippen LogP contribution in [0.5, 0.6) is 5.75 Å². The van der Waals surface area contributed by atoms with Crippen molar-refractivity contribution in [3.05, 3.63) is 41.5 Å². The van der Waals surface area contributed by atoms with Crippen molar-refractivity contribution >= 4 is 11.6 Å². The lowest BCUT2D eigenvalue weighted by Gasteiger charge is -2.39. The van der Waals surface area contributed by atoms with Crippen LogP contribution >= 0.6 is 0 Å². The fraction of sp³-hybridized carbons (Fsp3) is 0.444. The maximum absolute atomic E-state index is 12.9. The Hall–Kier alpha value is -1.94. The average Bonchev–Trinajstić information content (AvgIpc) is 2.82. The smallest absolute Gasteiger partial charge is 0.152 e. The van der Waals surface area contributed by atoms with Gasteiger partial charge >= 0.3 is 0 Å². The molecule has 0 spiro atoms. The number of carbonyl (C=O) groups is 2. The summed E-state index contributed by atoms with van der Waals surface area (Å²) in [6, 6.07) is 5.31. The van der Waals surface area contributed by atoms with Crippen molar-refractivity contribution in [2.75, 3.05) is 0 Å². The fourth-order valence-corrected chi connectivity index (χ4v) is 4.65. The van der Waals surface area contributed by atoms with Crippen LogP contribution in [0.3, 0.4) is 0 Å². The van der Waals surface area contributed by atoms with Crippen molar-refractivity contribution < 1.29 is 14.4 Å². The first-order chi connectivity index (χ1) is 10.6. The zero-order valence-corrected chi connectivity index (χ0v) is 12.5. The molecule has 2 N–H and O–H groups in total. The summed E-state index contributed by atoms with van der Waals surface area (Å²) >= 11 is 0. The highest BCUT2D eigenvalue weighted by Gasteiger charge is 2.57. The molecular weight excluding hydrogens is 278 g/mol. The molecule has 4 atom stereocenters. The molecule has 4 unspecified atom stereocenters. The van der Waals surface area contributed by atoms with Crippen LogP contribution in [-0.4, -0.2) is 11.6 Å². The van der Waals surface area contributed by atoms with Crippen LogP contribution in [0.15, 0.2) is 30.4 Å². The lowest BCUT2D eigenvalue weighted by molar-refractivity contribution is -0.125. The van der Waals surface area contributed by atoms with Gasteiger partial charge in [-0.15, -0.1) is 0 Å². The van der Waals surface area contributed by atoms with E-state index >= 15 is 0 Å². The van der Waals surface area contributed by atoms with Gasteiger partial charge in [-0.1, -0.05) is 18.2 Å². The largest absolute Gasteiger partial charge is 0.412 e. The summed E-state index contributed by atoms with van der Waals surface area (Å²) < 4.78 is 0. The zero-order valence-electron chi connectivity index (χ0n) is 12.5. The van der Waals surface area contributed by atoms with Crippen molar-refractivity contribution in [3.8, 4) is 5.75 Å². The number of rotatable bonds is 2. The third-order valence-electron chi connectivity index (χ3n) is 5.66. The Morgan fingerprint density at radius 1 is 1.05 bits per heavy atom. The van der Waals surface area contributed by atoms with E-state index in [1.165, 1.54) is 0 Å². The van der Waals surface area contributed by atoms with E-state index in [9.17, 15) is 9.59 Å². The normalized spacial score (nSPS) is 35.8. The van der Waals surface area contributed by atoms with E-state index in [1.807, 2.05) is 13.0 Å². The topological polar surface area (TPSA) is 69.4 Å². The molecule has 0 saturated heterocycles. The van der Waals surface area contributed by atoms with Crippen molar-refractivity contribution in [2.45, 2.75) is 25.7 Å². The summed E-state index contributed by atoms with van der Waals surface area (Å²) in [6.07, 6.45) is 6.38. The van der Waals surface area contributed by atoms with Crippen LogP contribution in [0.2, 0.25) is 0 Å². The molecular formula is C18H19NO3. The Morgan fingerprint density at radius 2 is 1.64 bits per heavy atom.